The van der Waals surface area contributed by atoms with E-state index in [0.29, 0.717) is 0 Å². The second kappa shape index (κ2) is 7.48. The van der Waals surface area contributed by atoms with Gasteiger partial charge in [0, 0.05) is 11.1 Å². The van der Waals surface area contributed by atoms with Gasteiger partial charge in [-0.15, -0.1) is 0 Å². The lowest BCUT2D eigenvalue weighted by atomic mass is 9.97. The molecule has 0 radical (unpaired) electrons. The SMILES string of the molecule is CNC(CCc1ccc(OC)cc1)c1cccc(C)c1Cl. The van der Waals surface area contributed by atoms with Crippen molar-refractivity contribution >= 4 is 11.6 Å². The zero-order valence-corrected chi connectivity index (χ0v) is 13.6. The number of rotatable bonds is 6. The predicted molar refractivity (Wildman–Crippen MR) is 89.3 cm³/mol. The topological polar surface area (TPSA) is 21.3 Å². The summed E-state index contributed by atoms with van der Waals surface area (Å²) in [7, 11) is 3.67. The van der Waals surface area contributed by atoms with Crippen molar-refractivity contribution in [2.24, 2.45) is 0 Å². The van der Waals surface area contributed by atoms with Gasteiger partial charge in [0.1, 0.15) is 5.75 Å². The summed E-state index contributed by atoms with van der Waals surface area (Å²) in [5.41, 5.74) is 3.60. The minimum atomic E-state index is 0.263. The molecule has 0 bridgehead atoms. The molecule has 1 unspecified atom stereocenters. The Morgan fingerprint density at radius 1 is 1.14 bits per heavy atom. The van der Waals surface area contributed by atoms with E-state index in [1.54, 1.807) is 7.11 Å². The first kappa shape index (κ1) is 15.9. The highest BCUT2D eigenvalue weighted by atomic mass is 35.5. The van der Waals surface area contributed by atoms with E-state index in [4.69, 9.17) is 16.3 Å². The van der Waals surface area contributed by atoms with Crippen molar-refractivity contribution in [3.8, 4) is 5.75 Å². The van der Waals surface area contributed by atoms with Crippen molar-refractivity contribution in [3.63, 3.8) is 0 Å². The van der Waals surface area contributed by atoms with E-state index >= 15 is 0 Å². The average molecular weight is 304 g/mol. The van der Waals surface area contributed by atoms with Gasteiger partial charge in [0.2, 0.25) is 0 Å². The molecule has 2 nitrogen and oxygen atoms in total. The number of hydrogen-bond donors (Lipinski definition) is 1. The fraction of sp³-hybridized carbons (Fsp3) is 0.333. The van der Waals surface area contributed by atoms with Crippen LogP contribution < -0.4 is 10.1 Å². The zero-order valence-electron chi connectivity index (χ0n) is 12.8. The molecular formula is C18H22ClNO. The Bertz CT molecular complexity index is 580. The van der Waals surface area contributed by atoms with Gasteiger partial charge in [-0.3, -0.25) is 0 Å². The van der Waals surface area contributed by atoms with Crippen LogP contribution in [-0.2, 0) is 6.42 Å². The van der Waals surface area contributed by atoms with Crippen LogP contribution in [0.4, 0.5) is 0 Å². The number of nitrogens with one attached hydrogen (secondary N) is 1. The van der Waals surface area contributed by atoms with Crippen molar-refractivity contribution in [2.45, 2.75) is 25.8 Å². The predicted octanol–water partition coefficient (Wildman–Crippen LogP) is 4.55. The van der Waals surface area contributed by atoms with E-state index in [1.165, 1.54) is 11.1 Å². The largest absolute Gasteiger partial charge is 0.497 e. The van der Waals surface area contributed by atoms with Crippen LogP contribution in [0.2, 0.25) is 5.02 Å². The minimum Gasteiger partial charge on any atom is -0.497 e. The molecule has 1 atom stereocenters. The van der Waals surface area contributed by atoms with E-state index in [-0.39, 0.29) is 6.04 Å². The second-order valence-electron chi connectivity index (χ2n) is 5.21. The lowest BCUT2D eigenvalue weighted by Gasteiger charge is -2.19. The summed E-state index contributed by atoms with van der Waals surface area (Å²) in [6.07, 6.45) is 2.01. The number of methoxy groups -OCH3 is 1. The van der Waals surface area contributed by atoms with Crippen LogP contribution in [0.5, 0.6) is 5.75 Å². The van der Waals surface area contributed by atoms with Gasteiger partial charge in [-0.25, -0.2) is 0 Å². The fourth-order valence-electron chi connectivity index (χ4n) is 2.50. The molecule has 0 aliphatic rings. The molecule has 0 aliphatic carbocycles. The van der Waals surface area contributed by atoms with Crippen LogP contribution in [0.15, 0.2) is 42.5 Å². The monoisotopic (exact) mass is 303 g/mol. The second-order valence-corrected chi connectivity index (χ2v) is 5.58. The van der Waals surface area contributed by atoms with Crippen molar-refractivity contribution < 1.29 is 4.74 Å². The Balaban J connectivity index is 2.06. The molecule has 0 aromatic heterocycles. The summed E-state index contributed by atoms with van der Waals surface area (Å²) in [6.45, 7) is 2.04. The average Bonchev–Trinajstić information content (AvgIpc) is 2.52. The number of hydrogen-bond acceptors (Lipinski definition) is 2. The molecule has 0 spiro atoms. The Hall–Kier alpha value is -1.51. The van der Waals surface area contributed by atoms with Crippen molar-refractivity contribution in [3.05, 3.63) is 64.2 Å². The molecule has 0 amide bonds. The van der Waals surface area contributed by atoms with Crippen molar-refractivity contribution in [1.82, 2.24) is 5.32 Å². The molecule has 0 saturated heterocycles. The van der Waals surface area contributed by atoms with Crippen LogP contribution >= 0.6 is 11.6 Å². The smallest absolute Gasteiger partial charge is 0.118 e. The highest BCUT2D eigenvalue weighted by Crippen LogP contribution is 2.28. The molecule has 21 heavy (non-hydrogen) atoms. The van der Waals surface area contributed by atoms with Gasteiger partial charge in [-0.05, 0) is 55.6 Å². The van der Waals surface area contributed by atoms with Crippen LogP contribution in [0.1, 0.15) is 29.2 Å². The van der Waals surface area contributed by atoms with E-state index < -0.39 is 0 Å². The highest BCUT2D eigenvalue weighted by molar-refractivity contribution is 6.32. The normalized spacial score (nSPS) is 12.2. The zero-order chi connectivity index (χ0) is 15.2. The first-order valence-electron chi connectivity index (χ1n) is 7.21. The van der Waals surface area contributed by atoms with Gasteiger partial charge in [0.25, 0.3) is 0 Å². The maximum Gasteiger partial charge on any atom is 0.118 e. The van der Waals surface area contributed by atoms with Crippen LogP contribution in [0.25, 0.3) is 0 Å². The summed E-state index contributed by atoms with van der Waals surface area (Å²) in [4.78, 5) is 0. The molecule has 112 valence electrons. The third kappa shape index (κ3) is 3.99. The van der Waals surface area contributed by atoms with Gasteiger partial charge >= 0.3 is 0 Å². The van der Waals surface area contributed by atoms with Crippen LogP contribution in [-0.4, -0.2) is 14.2 Å². The lowest BCUT2D eigenvalue weighted by Crippen LogP contribution is -2.17. The maximum absolute atomic E-state index is 6.43. The summed E-state index contributed by atoms with van der Waals surface area (Å²) in [5, 5.41) is 4.24. The fourth-order valence-corrected chi connectivity index (χ4v) is 2.76. The van der Waals surface area contributed by atoms with E-state index in [9.17, 15) is 0 Å². The lowest BCUT2D eigenvalue weighted by molar-refractivity contribution is 0.414. The molecule has 0 saturated carbocycles. The molecule has 3 heteroatoms. The summed E-state index contributed by atoms with van der Waals surface area (Å²) in [5.74, 6) is 0.894. The number of ether oxygens (including phenoxy) is 1. The molecule has 0 heterocycles. The third-order valence-electron chi connectivity index (χ3n) is 3.83. The standard InChI is InChI=1S/C18H22ClNO/c1-13-5-4-6-16(18(13)19)17(20-2)12-9-14-7-10-15(21-3)11-8-14/h4-8,10-11,17,20H,9,12H2,1-3H3. The third-order valence-corrected chi connectivity index (χ3v) is 4.34. The molecule has 1 N–H and O–H groups in total. The van der Waals surface area contributed by atoms with Crippen LogP contribution in [0.3, 0.4) is 0 Å². The van der Waals surface area contributed by atoms with Gasteiger partial charge < -0.3 is 10.1 Å². The first-order valence-corrected chi connectivity index (χ1v) is 7.58. The Kier molecular flexibility index (Phi) is 5.66. The van der Waals surface area contributed by atoms with E-state index in [1.807, 2.05) is 32.2 Å². The number of aryl methyl sites for hydroxylation is 2. The maximum atomic E-state index is 6.43. The molecular weight excluding hydrogens is 282 g/mol. The summed E-state index contributed by atoms with van der Waals surface area (Å²) >= 11 is 6.43. The molecule has 2 aromatic rings. The summed E-state index contributed by atoms with van der Waals surface area (Å²) in [6, 6.07) is 14.7. The quantitative estimate of drug-likeness (QED) is 0.845. The number of halogens is 1. The van der Waals surface area contributed by atoms with Crippen molar-refractivity contribution in [1.29, 1.82) is 0 Å². The molecule has 2 rings (SSSR count). The Morgan fingerprint density at radius 2 is 1.86 bits per heavy atom. The van der Waals surface area contributed by atoms with E-state index in [0.717, 1.165) is 29.2 Å². The van der Waals surface area contributed by atoms with Gasteiger partial charge in [-0.1, -0.05) is 41.9 Å². The molecule has 2 aromatic carbocycles. The summed E-state index contributed by atoms with van der Waals surface area (Å²) < 4.78 is 5.18. The minimum absolute atomic E-state index is 0.263. The Morgan fingerprint density at radius 3 is 2.48 bits per heavy atom. The van der Waals surface area contributed by atoms with Gasteiger partial charge in [0.15, 0.2) is 0 Å². The van der Waals surface area contributed by atoms with Gasteiger partial charge in [0.05, 0.1) is 7.11 Å². The number of benzene rings is 2. The van der Waals surface area contributed by atoms with E-state index in [2.05, 4.69) is 29.6 Å². The molecule has 0 fully saturated rings. The highest BCUT2D eigenvalue weighted by Gasteiger charge is 2.13. The van der Waals surface area contributed by atoms with Crippen molar-refractivity contribution in [2.75, 3.05) is 14.2 Å². The first-order chi connectivity index (χ1) is 10.2. The van der Waals surface area contributed by atoms with Crippen LogP contribution in [0, 0.1) is 6.92 Å². The molecule has 0 aliphatic heterocycles. The Labute approximate surface area is 132 Å². The van der Waals surface area contributed by atoms with Gasteiger partial charge in [-0.2, -0.15) is 0 Å².